The summed E-state index contributed by atoms with van der Waals surface area (Å²) in [6, 6.07) is 2.68. The van der Waals surface area contributed by atoms with Gasteiger partial charge in [0.25, 0.3) is 5.91 Å². The average Bonchev–Trinajstić information content (AvgIpc) is 3.28. The summed E-state index contributed by atoms with van der Waals surface area (Å²) in [5.41, 5.74) is 0.790. The summed E-state index contributed by atoms with van der Waals surface area (Å²) in [4.78, 5) is 46.0. The molecule has 0 radical (unpaired) electrons. The third kappa shape index (κ3) is 3.37. The molecule has 4 heterocycles. The molecule has 4 amide bonds. The second-order valence-corrected chi connectivity index (χ2v) is 6.99. The van der Waals surface area contributed by atoms with Crippen molar-refractivity contribution in [3.05, 3.63) is 24.5 Å². The molecular formula is C18H23N7O3. The first-order valence-electron chi connectivity index (χ1n) is 9.52. The average molecular weight is 385 g/mol. The molecule has 2 aliphatic heterocycles. The lowest BCUT2D eigenvalue weighted by Crippen LogP contribution is -2.50. The van der Waals surface area contributed by atoms with Crippen LogP contribution in [0.3, 0.4) is 0 Å². The van der Waals surface area contributed by atoms with Crippen LogP contribution >= 0.6 is 0 Å². The lowest BCUT2D eigenvalue weighted by atomic mass is 10.1. The van der Waals surface area contributed by atoms with Crippen LogP contribution in [-0.4, -0.2) is 81.0 Å². The van der Waals surface area contributed by atoms with Crippen molar-refractivity contribution < 1.29 is 14.4 Å². The van der Waals surface area contributed by atoms with Crippen LogP contribution in [0.1, 0.15) is 19.8 Å². The van der Waals surface area contributed by atoms with E-state index < -0.39 is 12.1 Å². The summed E-state index contributed by atoms with van der Waals surface area (Å²) < 4.78 is 1.73. The fraction of sp³-hybridized carbons (Fsp3) is 0.500. The van der Waals surface area contributed by atoms with E-state index in [1.165, 1.54) is 4.90 Å². The number of imide groups is 1. The van der Waals surface area contributed by atoms with Crippen LogP contribution in [0, 0.1) is 0 Å². The molecule has 0 spiro atoms. The maximum absolute atomic E-state index is 12.6. The van der Waals surface area contributed by atoms with Crippen LogP contribution in [0.25, 0.3) is 5.65 Å². The van der Waals surface area contributed by atoms with Crippen molar-refractivity contribution in [1.82, 2.24) is 29.7 Å². The monoisotopic (exact) mass is 385 g/mol. The van der Waals surface area contributed by atoms with Crippen LogP contribution in [0.5, 0.6) is 0 Å². The number of fused-ring (bicyclic) bond motifs is 1. The second kappa shape index (κ2) is 7.45. The lowest BCUT2D eigenvalue weighted by Gasteiger charge is -2.35. The minimum atomic E-state index is -0.755. The zero-order valence-corrected chi connectivity index (χ0v) is 15.7. The Bertz CT molecular complexity index is 903. The van der Waals surface area contributed by atoms with Gasteiger partial charge in [0.05, 0.1) is 6.42 Å². The maximum Gasteiger partial charge on any atom is 0.324 e. The Kier molecular flexibility index (Phi) is 4.84. The number of rotatable bonds is 5. The molecule has 2 aromatic heterocycles. The number of imidazole rings is 1. The van der Waals surface area contributed by atoms with Crippen LogP contribution in [0.15, 0.2) is 24.5 Å². The summed E-state index contributed by atoms with van der Waals surface area (Å²) in [5, 5.41) is 7.15. The van der Waals surface area contributed by atoms with Crippen molar-refractivity contribution in [3.8, 4) is 0 Å². The Hall–Kier alpha value is -3.17. The van der Waals surface area contributed by atoms with E-state index in [1.54, 1.807) is 21.8 Å². The lowest BCUT2D eigenvalue weighted by molar-refractivity contribution is -0.136. The standard InChI is InChI=1S/C18H23N7O3/c1-2-6-24-17(27)13(20-18(24)28)12-16(26)23-10-8-22(9-11-23)15-4-3-14-19-5-7-25(14)21-15/h3-5,7,13H,2,6,8-12H2,1H3,(H,20,28). The topological polar surface area (TPSA) is 103 Å². The normalized spacial score (nSPS) is 20.2. The highest BCUT2D eigenvalue weighted by atomic mass is 16.2. The molecule has 0 aromatic carbocycles. The van der Waals surface area contributed by atoms with Gasteiger partial charge in [-0.05, 0) is 18.6 Å². The van der Waals surface area contributed by atoms with Gasteiger partial charge < -0.3 is 15.1 Å². The fourth-order valence-electron chi connectivity index (χ4n) is 3.61. The van der Waals surface area contributed by atoms with Gasteiger partial charge in [0.15, 0.2) is 5.65 Å². The first-order valence-corrected chi connectivity index (χ1v) is 9.52. The largest absolute Gasteiger partial charge is 0.352 e. The van der Waals surface area contributed by atoms with Crippen LogP contribution in [0.2, 0.25) is 0 Å². The highest BCUT2D eigenvalue weighted by Crippen LogP contribution is 2.16. The Morgan fingerprint density at radius 1 is 1.21 bits per heavy atom. The van der Waals surface area contributed by atoms with E-state index in [-0.39, 0.29) is 18.2 Å². The van der Waals surface area contributed by atoms with E-state index in [9.17, 15) is 14.4 Å². The van der Waals surface area contributed by atoms with Crippen molar-refractivity contribution in [2.75, 3.05) is 37.6 Å². The highest BCUT2D eigenvalue weighted by Gasteiger charge is 2.39. The number of aromatic nitrogens is 3. The van der Waals surface area contributed by atoms with Crippen molar-refractivity contribution in [1.29, 1.82) is 0 Å². The second-order valence-electron chi connectivity index (χ2n) is 6.99. The predicted octanol–water partition coefficient (Wildman–Crippen LogP) is 0.0984. The Balaban J connectivity index is 1.33. The maximum atomic E-state index is 12.6. The van der Waals surface area contributed by atoms with E-state index in [0.29, 0.717) is 39.1 Å². The summed E-state index contributed by atoms with van der Waals surface area (Å²) in [6.07, 6.45) is 4.20. The van der Waals surface area contributed by atoms with Crippen LogP contribution in [0.4, 0.5) is 10.6 Å². The number of hydrogen-bond donors (Lipinski definition) is 1. The zero-order chi connectivity index (χ0) is 19.7. The number of carbonyl (C=O) groups is 3. The fourth-order valence-corrected chi connectivity index (χ4v) is 3.61. The Morgan fingerprint density at radius 2 is 2.00 bits per heavy atom. The minimum absolute atomic E-state index is 0.00400. The molecular weight excluding hydrogens is 362 g/mol. The first-order chi connectivity index (χ1) is 13.6. The molecule has 2 aliphatic rings. The van der Waals surface area contributed by atoms with Crippen molar-refractivity contribution in [3.63, 3.8) is 0 Å². The van der Waals surface area contributed by atoms with Crippen molar-refractivity contribution in [2.24, 2.45) is 0 Å². The van der Waals surface area contributed by atoms with E-state index in [1.807, 2.05) is 19.1 Å². The van der Waals surface area contributed by atoms with Gasteiger partial charge in [-0.1, -0.05) is 6.92 Å². The number of carbonyl (C=O) groups excluding carboxylic acids is 3. The van der Waals surface area contributed by atoms with Gasteiger partial charge in [-0.3, -0.25) is 14.5 Å². The molecule has 10 heteroatoms. The molecule has 2 fully saturated rings. The Labute approximate surface area is 162 Å². The van der Waals surface area contributed by atoms with Crippen LogP contribution < -0.4 is 10.2 Å². The summed E-state index contributed by atoms with van der Waals surface area (Å²) in [7, 11) is 0. The highest BCUT2D eigenvalue weighted by molar-refractivity contribution is 6.05. The molecule has 1 N–H and O–H groups in total. The predicted molar refractivity (Wildman–Crippen MR) is 101 cm³/mol. The number of anilines is 1. The number of nitrogens with zero attached hydrogens (tertiary/aromatic N) is 6. The van der Waals surface area contributed by atoms with Crippen molar-refractivity contribution >= 4 is 29.3 Å². The smallest absolute Gasteiger partial charge is 0.324 e. The number of piperazine rings is 1. The quantitative estimate of drug-likeness (QED) is 0.732. The number of nitrogens with one attached hydrogen (secondary N) is 1. The molecule has 0 aliphatic carbocycles. The minimum Gasteiger partial charge on any atom is -0.352 e. The van der Waals surface area contributed by atoms with E-state index in [2.05, 4.69) is 20.3 Å². The van der Waals surface area contributed by atoms with E-state index in [0.717, 1.165) is 11.5 Å². The zero-order valence-electron chi connectivity index (χ0n) is 15.7. The molecule has 148 valence electrons. The molecule has 2 aromatic rings. The van der Waals surface area contributed by atoms with E-state index in [4.69, 9.17) is 0 Å². The SMILES string of the molecule is CCCN1C(=O)NC(CC(=O)N2CCN(c3ccc4nccn4n3)CC2)C1=O. The molecule has 1 atom stereocenters. The van der Waals surface area contributed by atoms with Gasteiger partial charge in [0.2, 0.25) is 5.91 Å². The Morgan fingerprint density at radius 3 is 2.75 bits per heavy atom. The van der Waals surface area contributed by atoms with E-state index >= 15 is 0 Å². The van der Waals surface area contributed by atoms with Gasteiger partial charge in [-0.15, -0.1) is 5.10 Å². The molecule has 0 saturated carbocycles. The van der Waals surface area contributed by atoms with Gasteiger partial charge in [-0.2, -0.15) is 0 Å². The molecule has 28 heavy (non-hydrogen) atoms. The summed E-state index contributed by atoms with van der Waals surface area (Å²) in [6.45, 7) is 4.70. The third-order valence-electron chi connectivity index (χ3n) is 5.13. The van der Waals surface area contributed by atoms with Gasteiger partial charge in [0.1, 0.15) is 11.9 Å². The first kappa shape index (κ1) is 18.2. The molecule has 10 nitrogen and oxygen atoms in total. The number of amides is 4. The number of hydrogen-bond acceptors (Lipinski definition) is 6. The molecule has 2 saturated heterocycles. The number of urea groups is 1. The molecule has 1 unspecified atom stereocenters. The molecule has 0 bridgehead atoms. The van der Waals surface area contributed by atoms with Crippen LogP contribution in [-0.2, 0) is 9.59 Å². The summed E-state index contributed by atoms with van der Waals surface area (Å²) in [5.74, 6) is 0.414. The molecule has 4 rings (SSSR count). The van der Waals surface area contributed by atoms with Crippen molar-refractivity contribution in [2.45, 2.75) is 25.8 Å². The summed E-state index contributed by atoms with van der Waals surface area (Å²) >= 11 is 0. The van der Waals surface area contributed by atoms with Gasteiger partial charge in [-0.25, -0.2) is 14.3 Å². The van der Waals surface area contributed by atoms with Gasteiger partial charge in [0, 0.05) is 45.1 Å². The third-order valence-corrected chi connectivity index (χ3v) is 5.13. The van der Waals surface area contributed by atoms with Gasteiger partial charge >= 0.3 is 6.03 Å².